The van der Waals surface area contributed by atoms with Crippen molar-refractivity contribution in [1.29, 1.82) is 0 Å². The molecule has 1 atom stereocenters. The van der Waals surface area contributed by atoms with Crippen LogP contribution in [0.15, 0.2) is 36.7 Å². The van der Waals surface area contributed by atoms with Gasteiger partial charge in [0.2, 0.25) is 0 Å². The molecule has 3 heteroatoms. The van der Waals surface area contributed by atoms with Crippen LogP contribution < -0.4 is 5.32 Å². The largest absolute Gasteiger partial charge is 0.316 e. The molecule has 0 radical (unpaired) electrons. The van der Waals surface area contributed by atoms with E-state index >= 15 is 0 Å². The average molecular weight is 253 g/mol. The lowest BCUT2D eigenvalue weighted by atomic mass is 9.96. The standard InChI is InChI=1S/C16H19N3/c1-12-4-6-13(7-5-12)15-10-19-16(11-18-15)14-3-2-8-17-9-14/h4-7,10-11,14,17H,2-3,8-9H2,1H3/t14-/m1/s1. The first-order valence-corrected chi connectivity index (χ1v) is 6.92. The van der Waals surface area contributed by atoms with Gasteiger partial charge in [-0.3, -0.25) is 9.97 Å². The third kappa shape index (κ3) is 2.82. The van der Waals surface area contributed by atoms with Crippen LogP contribution in [0.3, 0.4) is 0 Å². The lowest BCUT2D eigenvalue weighted by Gasteiger charge is -2.21. The first kappa shape index (κ1) is 12.3. The Morgan fingerprint density at radius 1 is 1.11 bits per heavy atom. The second-order valence-corrected chi connectivity index (χ2v) is 5.24. The lowest BCUT2D eigenvalue weighted by molar-refractivity contribution is 0.454. The highest BCUT2D eigenvalue weighted by molar-refractivity contribution is 5.58. The molecule has 2 heterocycles. The van der Waals surface area contributed by atoms with Gasteiger partial charge in [-0.05, 0) is 26.3 Å². The first-order chi connectivity index (χ1) is 9.33. The van der Waals surface area contributed by atoms with Crippen molar-refractivity contribution in [2.75, 3.05) is 13.1 Å². The third-order valence-electron chi connectivity index (χ3n) is 3.73. The molecule has 1 aromatic heterocycles. The van der Waals surface area contributed by atoms with Crippen LogP contribution >= 0.6 is 0 Å². The molecule has 98 valence electrons. The quantitative estimate of drug-likeness (QED) is 0.894. The molecule has 1 fully saturated rings. The van der Waals surface area contributed by atoms with Crippen molar-refractivity contribution in [1.82, 2.24) is 15.3 Å². The summed E-state index contributed by atoms with van der Waals surface area (Å²) in [6.07, 6.45) is 6.28. The Hall–Kier alpha value is -1.74. The van der Waals surface area contributed by atoms with Gasteiger partial charge in [-0.15, -0.1) is 0 Å². The molecule has 1 aliphatic heterocycles. The highest BCUT2D eigenvalue weighted by Crippen LogP contribution is 2.22. The number of nitrogens with one attached hydrogen (secondary N) is 1. The Balaban J connectivity index is 1.80. The van der Waals surface area contributed by atoms with Crippen molar-refractivity contribution in [2.45, 2.75) is 25.7 Å². The minimum Gasteiger partial charge on any atom is -0.316 e. The van der Waals surface area contributed by atoms with Gasteiger partial charge in [-0.25, -0.2) is 0 Å². The maximum atomic E-state index is 4.60. The Morgan fingerprint density at radius 2 is 1.95 bits per heavy atom. The van der Waals surface area contributed by atoms with Gasteiger partial charge >= 0.3 is 0 Å². The van der Waals surface area contributed by atoms with E-state index in [2.05, 4.69) is 46.5 Å². The molecule has 0 amide bonds. The van der Waals surface area contributed by atoms with Gasteiger partial charge < -0.3 is 5.32 Å². The van der Waals surface area contributed by atoms with Gasteiger partial charge in [0.25, 0.3) is 0 Å². The molecule has 3 rings (SSSR count). The van der Waals surface area contributed by atoms with E-state index in [1.165, 1.54) is 18.4 Å². The highest BCUT2D eigenvalue weighted by Gasteiger charge is 2.16. The Kier molecular flexibility index (Phi) is 3.56. The molecule has 0 spiro atoms. The number of piperidine rings is 1. The van der Waals surface area contributed by atoms with Crippen LogP contribution in [0, 0.1) is 6.92 Å². The number of benzene rings is 1. The number of aryl methyl sites for hydroxylation is 1. The van der Waals surface area contributed by atoms with Gasteiger partial charge in [0, 0.05) is 24.2 Å². The van der Waals surface area contributed by atoms with Crippen molar-refractivity contribution in [2.24, 2.45) is 0 Å². The highest BCUT2D eigenvalue weighted by atomic mass is 14.9. The molecule has 1 N–H and O–H groups in total. The molecule has 1 aliphatic rings. The summed E-state index contributed by atoms with van der Waals surface area (Å²) in [5.41, 5.74) is 4.46. The Bertz CT molecular complexity index is 525. The molecule has 0 saturated carbocycles. The SMILES string of the molecule is Cc1ccc(-c2cnc([C@@H]3CCCNC3)cn2)cc1. The Morgan fingerprint density at radius 3 is 2.58 bits per heavy atom. The topological polar surface area (TPSA) is 37.8 Å². The minimum atomic E-state index is 0.522. The average Bonchev–Trinajstić information content (AvgIpc) is 2.49. The number of rotatable bonds is 2. The maximum Gasteiger partial charge on any atom is 0.0885 e. The second-order valence-electron chi connectivity index (χ2n) is 5.24. The molecule has 0 aliphatic carbocycles. The molecular formula is C16H19N3. The van der Waals surface area contributed by atoms with Crippen molar-refractivity contribution >= 4 is 0 Å². The predicted molar refractivity (Wildman–Crippen MR) is 77.0 cm³/mol. The van der Waals surface area contributed by atoms with E-state index in [1.807, 2.05) is 12.4 Å². The molecule has 2 aromatic rings. The molecule has 0 unspecified atom stereocenters. The summed E-state index contributed by atoms with van der Waals surface area (Å²) in [5, 5.41) is 3.42. The van der Waals surface area contributed by atoms with E-state index in [1.54, 1.807) is 0 Å². The van der Waals surface area contributed by atoms with E-state index in [0.29, 0.717) is 5.92 Å². The predicted octanol–water partition coefficient (Wildman–Crippen LogP) is 2.92. The normalized spacial score (nSPS) is 19.3. The molecular weight excluding hydrogens is 234 g/mol. The zero-order valence-electron chi connectivity index (χ0n) is 11.3. The summed E-state index contributed by atoms with van der Waals surface area (Å²) >= 11 is 0. The monoisotopic (exact) mass is 253 g/mol. The van der Waals surface area contributed by atoms with Crippen LogP contribution in [-0.2, 0) is 0 Å². The zero-order chi connectivity index (χ0) is 13.1. The van der Waals surface area contributed by atoms with E-state index in [0.717, 1.165) is 30.0 Å². The van der Waals surface area contributed by atoms with Crippen LogP contribution in [0.2, 0.25) is 0 Å². The van der Waals surface area contributed by atoms with Gasteiger partial charge in [0.1, 0.15) is 0 Å². The minimum absolute atomic E-state index is 0.522. The van der Waals surface area contributed by atoms with Crippen LogP contribution in [0.1, 0.15) is 30.0 Å². The summed E-state index contributed by atoms with van der Waals surface area (Å²) in [6.45, 7) is 4.25. The molecule has 3 nitrogen and oxygen atoms in total. The number of aromatic nitrogens is 2. The van der Waals surface area contributed by atoms with Crippen molar-refractivity contribution in [3.8, 4) is 11.3 Å². The van der Waals surface area contributed by atoms with E-state index in [9.17, 15) is 0 Å². The summed E-state index contributed by atoms with van der Waals surface area (Å²) in [4.78, 5) is 9.16. The van der Waals surface area contributed by atoms with Gasteiger partial charge in [0.05, 0.1) is 17.6 Å². The van der Waals surface area contributed by atoms with Gasteiger partial charge in [0.15, 0.2) is 0 Å². The van der Waals surface area contributed by atoms with Gasteiger partial charge in [-0.2, -0.15) is 0 Å². The summed E-state index contributed by atoms with van der Waals surface area (Å²) < 4.78 is 0. The summed E-state index contributed by atoms with van der Waals surface area (Å²) in [5.74, 6) is 0.522. The molecule has 1 aromatic carbocycles. The van der Waals surface area contributed by atoms with E-state index in [4.69, 9.17) is 0 Å². The van der Waals surface area contributed by atoms with Crippen LogP contribution in [0.4, 0.5) is 0 Å². The number of nitrogens with zero attached hydrogens (tertiary/aromatic N) is 2. The number of hydrogen-bond acceptors (Lipinski definition) is 3. The van der Waals surface area contributed by atoms with E-state index in [-0.39, 0.29) is 0 Å². The van der Waals surface area contributed by atoms with Crippen LogP contribution in [0.25, 0.3) is 11.3 Å². The fourth-order valence-corrected chi connectivity index (χ4v) is 2.53. The lowest BCUT2D eigenvalue weighted by Crippen LogP contribution is -2.28. The van der Waals surface area contributed by atoms with E-state index < -0.39 is 0 Å². The Labute approximate surface area is 114 Å². The third-order valence-corrected chi connectivity index (χ3v) is 3.73. The summed E-state index contributed by atoms with van der Waals surface area (Å²) in [7, 11) is 0. The fraction of sp³-hybridized carbons (Fsp3) is 0.375. The first-order valence-electron chi connectivity index (χ1n) is 6.92. The van der Waals surface area contributed by atoms with Crippen molar-refractivity contribution in [3.63, 3.8) is 0 Å². The van der Waals surface area contributed by atoms with Crippen LogP contribution in [0.5, 0.6) is 0 Å². The zero-order valence-corrected chi connectivity index (χ0v) is 11.3. The molecule has 19 heavy (non-hydrogen) atoms. The molecule has 0 bridgehead atoms. The number of hydrogen-bond donors (Lipinski definition) is 1. The molecule has 1 saturated heterocycles. The summed E-state index contributed by atoms with van der Waals surface area (Å²) in [6, 6.07) is 8.41. The van der Waals surface area contributed by atoms with Gasteiger partial charge in [-0.1, -0.05) is 29.8 Å². The fourth-order valence-electron chi connectivity index (χ4n) is 2.53. The second kappa shape index (κ2) is 5.49. The van der Waals surface area contributed by atoms with Crippen molar-refractivity contribution < 1.29 is 0 Å². The maximum absolute atomic E-state index is 4.60. The van der Waals surface area contributed by atoms with Crippen molar-refractivity contribution in [3.05, 3.63) is 47.9 Å². The van der Waals surface area contributed by atoms with Crippen LogP contribution in [-0.4, -0.2) is 23.1 Å². The smallest absolute Gasteiger partial charge is 0.0885 e.